The average molecular weight is 630 g/mol. The van der Waals surface area contributed by atoms with Gasteiger partial charge in [0.25, 0.3) is 23.6 Å². The van der Waals surface area contributed by atoms with Gasteiger partial charge in [-0.05, 0) is 74.9 Å². The lowest BCUT2D eigenvalue weighted by atomic mass is 9.92. The fourth-order valence-corrected chi connectivity index (χ4v) is 8.00. The molecule has 0 spiro atoms. The molecule has 0 aliphatic carbocycles. The van der Waals surface area contributed by atoms with Crippen LogP contribution < -0.4 is 15.1 Å². The molecule has 0 unspecified atom stereocenters. The van der Waals surface area contributed by atoms with Crippen LogP contribution in [-0.2, 0) is 0 Å². The normalized spacial score (nSPS) is 18.2. The van der Waals surface area contributed by atoms with Crippen molar-refractivity contribution in [2.75, 3.05) is 62.2 Å². The van der Waals surface area contributed by atoms with Crippen LogP contribution in [0.4, 0.5) is 11.4 Å². The Kier molecular flexibility index (Phi) is 7.64. The molecule has 4 heterocycles. The predicted octanol–water partition coefficient (Wildman–Crippen LogP) is 5.46. The van der Waals surface area contributed by atoms with E-state index in [1.54, 1.807) is 0 Å². The molecule has 9 heteroatoms. The number of anilines is 2. The number of imide groups is 2. The number of nitrogens with zero attached hydrogens (tertiary/aromatic N) is 4. The van der Waals surface area contributed by atoms with E-state index in [1.165, 1.54) is 22.6 Å². The van der Waals surface area contributed by atoms with Crippen molar-refractivity contribution in [3.05, 3.63) is 82.9 Å². The molecule has 47 heavy (non-hydrogen) atoms. The Bertz CT molecular complexity index is 1760. The Morgan fingerprint density at radius 2 is 0.851 bits per heavy atom. The van der Waals surface area contributed by atoms with Crippen LogP contribution in [0.5, 0.6) is 0 Å². The van der Waals surface area contributed by atoms with Gasteiger partial charge >= 0.3 is 0 Å². The van der Waals surface area contributed by atoms with E-state index >= 15 is 0 Å². The van der Waals surface area contributed by atoms with Crippen LogP contribution >= 0.6 is 0 Å². The van der Waals surface area contributed by atoms with Gasteiger partial charge in [-0.1, -0.05) is 24.3 Å². The third kappa shape index (κ3) is 4.95. The van der Waals surface area contributed by atoms with E-state index in [-0.39, 0.29) is 36.7 Å². The molecule has 1 N–H and O–H groups in total. The maximum absolute atomic E-state index is 13.6. The van der Waals surface area contributed by atoms with Crippen molar-refractivity contribution < 1.29 is 19.2 Å². The monoisotopic (exact) mass is 629 g/mol. The SMILES string of the molecule is O=C1c2cccc3c(N4CCCCC4)ccc(c23)C(=O)N1CCNCCN1C(=O)c2cccc3c(N4CCCCC4)ccc(c23)C1=O. The molecule has 4 amide bonds. The summed E-state index contributed by atoms with van der Waals surface area (Å²) in [7, 11) is 0. The summed E-state index contributed by atoms with van der Waals surface area (Å²) < 4.78 is 0. The molecule has 2 saturated heterocycles. The number of piperidine rings is 2. The first-order valence-electron chi connectivity index (χ1n) is 17.1. The molecule has 0 saturated carbocycles. The minimum absolute atomic E-state index is 0.185. The minimum atomic E-state index is -0.291. The van der Waals surface area contributed by atoms with Gasteiger partial charge in [-0.25, -0.2) is 0 Å². The summed E-state index contributed by atoms with van der Waals surface area (Å²) in [5.41, 5.74) is 4.38. The first kappa shape index (κ1) is 29.6. The fraction of sp³-hybridized carbons (Fsp3) is 0.368. The molecule has 4 aromatic rings. The quantitative estimate of drug-likeness (QED) is 0.205. The second kappa shape index (κ2) is 12.1. The Morgan fingerprint density at radius 1 is 0.468 bits per heavy atom. The number of benzene rings is 4. The van der Waals surface area contributed by atoms with Gasteiger partial charge in [0, 0.05) is 108 Å². The summed E-state index contributed by atoms with van der Waals surface area (Å²) in [6.45, 7) is 4.98. The molecule has 2 fully saturated rings. The second-order valence-corrected chi connectivity index (χ2v) is 13.1. The number of hydrogen-bond donors (Lipinski definition) is 1. The Morgan fingerprint density at radius 3 is 1.26 bits per heavy atom. The maximum atomic E-state index is 13.6. The van der Waals surface area contributed by atoms with E-state index in [0.29, 0.717) is 35.3 Å². The first-order chi connectivity index (χ1) is 23.0. The molecule has 4 aliphatic heterocycles. The first-order valence-corrected chi connectivity index (χ1v) is 17.1. The Labute approximate surface area is 274 Å². The van der Waals surface area contributed by atoms with Crippen LogP contribution in [0.1, 0.15) is 80.0 Å². The van der Waals surface area contributed by atoms with E-state index in [0.717, 1.165) is 84.8 Å². The van der Waals surface area contributed by atoms with Crippen molar-refractivity contribution in [3.8, 4) is 0 Å². The largest absolute Gasteiger partial charge is 0.371 e. The van der Waals surface area contributed by atoms with Crippen molar-refractivity contribution in [1.29, 1.82) is 0 Å². The number of amides is 4. The van der Waals surface area contributed by atoms with E-state index in [2.05, 4.69) is 15.1 Å². The van der Waals surface area contributed by atoms with Crippen LogP contribution in [-0.4, -0.2) is 85.8 Å². The lowest BCUT2D eigenvalue weighted by molar-refractivity contribution is 0.0607. The molecular formula is C38H39N5O4. The van der Waals surface area contributed by atoms with Gasteiger partial charge in [0.1, 0.15) is 0 Å². The highest BCUT2D eigenvalue weighted by atomic mass is 16.2. The summed E-state index contributed by atoms with van der Waals surface area (Å²) in [6.07, 6.45) is 7.03. The summed E-state index contributed by atoms with van der Waals surface area (Å²) in [5, 5.41) is 6.66. The molecular weight excluding hydrogens is 590 g/mol. The van der Waals surface area contributed by atoms with Gasteiger partial charge in [-0.15, -0.1) is 0 Å². The lowest BCUT2D eigenvalue weighted by Gasteiger charge is -2.33. The average Bonchev–Trinajstić information content (AvgIpc) is 3.12. The highest BCUT2D eigenvalue weighted by Gasteiger charge is 2.35. The highest BCUT2D eigenvalue weighted by Crippen LogP contribution is 2.38. The second-order valence-electron chi connectivity index (χ2n) is 13.1. The Hall–Kier alpha value is -4.76. The standard InChI is InChI=1S/C38H39N5O4/c44-35-27-11-7-9-25-31(40-19-3-1-4-20-40)15-13-29(33(25)27)37(46)42(35)23-17-39-18-24-43-36(45)28-12-8-10-26-32(41-21-5-2-6-22-41)16-14-30(34(26)28)38(43)47/h7-16,39H,1-6,17-24H2. The lowest BCUT2D eigenvalue weighted by Crippen LogP contribution is -2.46. The molecule has 0 aromatic heterocycles. The molecule has 0 bridgehead atoms. The summed E-state index contributed by atoms with van der Waals surface area (Å²) in [5.74, 6) is -1.16. The van der Waals surface area contributed by atoms with Gasteiger partial charge in [0.2, 0.25) is 0 Å². The van der Waals surface area contributed by atoms with Gasteiger partial charge in [-0.2, -0.15) is 0 Å². The smallest absolute Gasteiger partial charge is 0.261 e. The maximum Gasteiger partial charge on any atom is 0.261 e. The number of carbonyl (C=O) groups excluding carboxylic acids is 4. The molecule has 9 nitrogen and oxygen atoms in total. The molecule has 0 atom stereocenters. The topological polar surface area (TPSA) is 93.3 Å². The van der Waals surface area contributed by atoms with Crippen molar-refractivity contribution >= 4 is 56.5 Å². The van der Waals surface area contributed by atoms with Crippen molar-refractivity contribution in [2.24, 2.45) is 0 Å². The van der Waals surface area contributed by atoms with Crippen LogP contribution in [0.2, 0.25) is 0 Å². The number of carbonyl (C=O) groups is 4. The van der Waals surface area contributed by atoms with E-state index < -0.39 is 0 Å². The molecule has 240 valence electrons. The van der Waals surface area contributed by atoms with E-state index in [9.17, 15) is 19.2 Å². The van der Waals surface area contributed by atoms with Crippen LogP contribution in [0.3, 0.4) is 0 Å². The van der Waals surface area contributed by atoms with Crippen molar-refractivity contribution in [2.45, 2.75) is 38.5 Å². The van der Waals surface area contributed by atoms with E-state index in [4.69, 9.17) is 0 Å². The molecule has 4 aliphatic rings. The van der Waals surface area contributed by atoms with Gasteiger partial charge in [-0.3, -0.25) is 29.0 Å². The van der Waals surface area contributed by atoms with Crippen LogP contribution in [0, 0.1) is 0 Å². The van der Waals surface area contributed by atoms with Crippen molar-refractivity contribution in [1.82, 2.24) is 15.1 Å². The molecule has 0 radical (unpaired) electrons. The zero-order valence-corrected chi connectivity index (χ0v) is 26.6. The van der Waals surface area contributed by atoms with Gasteiger partial charge in [0.05, 0.1) is 0 Å². The van der Waals surface area contributed by atoms with Gasteiger partial charge in [0.15, 0.2) is 0 Å². The zero-order valence-electron chi connectivity index (χ0n) is 26.6. The third-order valence-electron chi connectivity index (χ3n) is 10.4. The van der Waals surface area contributed by atoms with Gasteiger partial charge < -0.3 is 15.1 Å². The summed E-state index contributed by atoms with van der Waals surface area (Å²) >= 11 is 0. The highest BCUT2D eigenvalue weighted by molar-refractivity contribution is 6.28. The van der Waals surface area contributed by atoms with Crippen molar-refractivity contribution in [3.63, 3.8) is 0 Å². The fourth-order valence-electron chi connectivity index (χ4n) is 8.00. The molecule has 4 aromatic carbocycles. The zero-order chi connectivity index (χ0) is 32.1. The number of hydrogen-bond acceptors (Lipinski definition) is 7. The minimum Gasteiger partial charge on any atom is -0.371 e. The predicted molar refractivity (Wildman–Crippen MR) is 184 cm³/mol. The van der Waals surface area contributed by atoms with E-state index in [1.807, 2.05) is 60.7 Å². The third-order valence-corrected chi connectivity index (χ3v) is 10.4. The van der Waals surface area contributed by atoms with Crippen LogP contribution in [0.15, 0.2) is 60.7 Å². The summed E-state index contributed by atoms with van der Waals surface area (Å²) in [4.78, 5) is 61.7. The van der Waals surface area contributed by atoms with Crippen LogP contribution in [0.25, 0.3) is 21.5 Å². The number of rotatable bonds is 8. The summed E-state index contributed by atoms with van der Waals surface area (Å²) in [6, 6.07) is 19.2. The number of nitrogens with one attached hydrogen (secondary N) is 1. The Balaban J connectivity index is 0.935. The molecule has 8 rings (SSSR count).